The Kier molecular flexibility index (Phi) is 20.6. The lowest BCUT2D eigenvalue weighted by Gasteiger charge is -2.27. The molecule has 3 unspecified atom stereocenters. The van der Waals surface area contributed by atoms with Gasteiger partial charge in [-0.15, -0.1) is 0 Å². The zero-order valence-corrected chi connectivity index (χ0v) is 32.6. The topological polar surface area (TPSA) is 361 Å². The summed E-state index contributed by atoms with van der Waals surface area (Å²) < 4.78 is 0. The van der Waals surface area contributed by atoms with Gasteiger partial charge in [-0.25, -0.2) is 4.79 Å². The molecule has 1 aromatic rings. The molecule has 0 aliphatic carbocycles. The van der Waals surface area contributed by atoms with E-state index in [0.717, 1.165) is 0 Å². The molecular weight excluding hydrogens is 760 g/mol. The van der Waals surface area contributed by atoms with Gasteiger partial charge in [-0.05, 0) is 57.6 Å². The Hall–Kier alpha value is -6.32. The number of carbonyl (C=O) groups is 9. The maximum absolute atomic E-state index is 14.0. The van der Waals surface area contributed by atoms with Crippen LogP contribution in [0.5, 0.6) is 0 Å². The Morgan fingerprint density at radius 3 is 2.09 bits per heavy atom. The second-order valence-electron chi connectivity index (χ2n) is 13.6. The number of aliphatic imine (C=N–C) groups is 1. The van der Waals surface area contributed by atoms with Gasteiger partial charge in [0.15, 0.2) is 5.96 Å². The zero-order valence-electron chi connectivity index (χ0n) is 32.6. The highest BCUT2D eigenvalue weighted by Gasteiger charge is 2.33. The van der Waals surface area contributed by atoms with Gasteiger partial charge in [0, 0.05) is 26.4 Å². The number of nitrogens with one attached hydrogen (secondary N) is 8. The summed E-state index contributed by atoms with van der Waals surface area (Å²) >= 11 is 0. The van der Waals surface area contributed by atoms with E-state index in [1.165, 1.54) is 13.8 Å². The van der Waals surface area contributed by atoms with Crippen molar-refractivity contribution in [3.8, 4) is 0 Å². The number of carboxylic acid groups (broad SMARTS) is 1. The molecule has 0 spiro atoms. The van der Waals surface area contributed by atoms with E-state index in [1.54, 1.807) is 30.3 Å². The smallest absolute Gasteiger partial charge is 0.326 e. The number of rotatable bonds is 12. The fourth-order valence-electron chi connectivity index (χ4n) is 5.64. The molecule has 22 heteroatoms. The molecule has 22 nitrogen and oxygen atoms in total. The molecule has 1 fully saturated rings. The first kappa shape index (κ1) is 47.8. The number of amides is 8. The molecule has 0 radical (unpaired) electrons. The third-order valence-corrected chi connectivity index (χ3v) is 8.73. The summed E-state index contributed by atoms with van der Waals surface area (Å²) in [6.45, 7) is 2.08. The van der Waals surface area contributed by atoms with Crippen molar-refractivity contribution in [1.82, 2.24) is 42.5 Å². The minimum Gasteiger partial charge on any atom is -0.480 e. The Labute approximate surface area is 335 Å². The van der Waals surface area contributed by atoms with E-state index in [-0.39, 0.29) is 70.5 Å². The Morgan fingerprint density at radius 1 is 0.828 bits per heavy atom. The SMILES string of the molecule is CC(=O)NCC(=O)NC1CCCCNC(=O)CC(C(=O)O)NC(=O)[C@H](C)NC(=O)[C@H](CCCN=C(N)N)NC(=O)C(Cc2ccccc2)NC(=O)[C@H](CCN)NC1=O. The first-order valence-corrected chi connectivity index (χ1v) is 18.8. The minimum absolute atomic E-state index is 0.0147. The number of carboxylic acids is 1. The number of aliphatic carboxylic acids is 1. The molecule has 1 aromatic carbocycles. The van der Waals surface area contributed by atoms with Crippen molar-refractivity contribution in [1.29, 1.82) is 0 Å². The molecule has 1 aliphatic heterocycles. The summed E-state index contributed by atoms with van der Waals surface area (Å²) in [5, 5.41) is 29.7. The van der Waals surface area contributed by atoms with Gasteiger partial charge in [0.25, 0.3) is 0 Å². The quantitative estimate of drug-likeness (QED) is 0.0538. The van der Waals surface area contributed by atoms with E-state index in [4.69, 9.17) is 17.2 Å². The average Bonchev–Trinajstić information content (AvgIpc) is 3.16. The first-order valence-electron chi connectivity index (χ1n) is 18.8. The molecule has 0 aromatic heterocycles. The van der Waals surface area contributed by atoms with Crippen LogP contribution in [-0.2, 0) is 49.6 Å². The minimum atomic E-state index is -1.67. The maximum atomic E-state index is 14.0. The molecule has 15 N–H and O–H groups in total. The summed E-state index contributed by atoms with van der Waals surface area (Å²) in [4.78, 5) is 121. The van der Waals surface area contributed by atoms with Crippen LogP contribution >= 0.6 is 0 Å². The molecular formula is C36H56N12O10. The average molecular weight is 817 g/mol. The van der Waals surface area contributed by atoms with Crippen LogP contribution in [0.4, 0.5) is 0 Å². The van der Waals surface area contributed by atoms with Crippen molar-refractivity contribution in [2.24, 2.45) is 22.2 Å². The van der Waals surface area contributed by atoms with Crippen LogP contribution in [0.15, 0.2) is 35.3 Å². The third-order valence-electron chi connectivity index (χ3n) is 8.73. The van der Waals surface area contributed by atoms with Crippen molar-refractivity contribution >= 4 is 59.2 Å². The van der Waals surface area contributed by atoms with Crippen molar-refractivity contribution in [3.05, 3.63) is 35.9 Å². The van der Waals surface area contributed by atoms with Gasteiger partial charge in [0.1, 0.15) is 36.3 Å². The van der Waals surface area contributed by atoms with Gasteiger partial charge in [0.05, 0.1) is 13.0 Å². The lowest BCUT2D eigenvalue weighted by Crippen LogP contribution is -2.60. The monoisotopic (exact) mass is 816 g/mol. The van der Waals surface area contributed by atoms with Crippen LogP contribution in [0.25, 0.3) is 0 Å². The van der Waals surface area contributed by atoms with E-state index in [2.05, 4.69) is 47.5 Å². The van der Waals surface area contributed by atoms with E-state index in [9.17, 15) is 48.3 Å². The highest BCUT2D eigenvalue weighted by Crippen LogP contribution is 2.09. The van der Waals surface area contributed by atoms with E-state index in [1.807, 2.05) is 0 Å². The summed E-state index contributed by atoms with van der Waals surface area (Å²) in [5.74, 6) is -7.78. The number of nitrogens with two attached hydrogens (primary N) is 3. The first-order chi connectivity index (χ1) is 27.5. The fraction of sp³-hybridized carbons (Fsp3) is 0.556. The lowest BCUT2D eigenvalue weighted by molar-refractivity contribution is -0.144. The number of benzene rings is 1. The second kappa shape index (κ2) is 25.0. The van der Waals surface area contributed by atoms with Gasteiger partial charge in [-0.3, -0.25) is 43.3 Å². The van der Waals surface area contributed by atoms with Gasteiger partial charge in [-0.2, -0.15) is 0 Å². The van der Waals surface area contributed by atoms with Crippen LogP contribution in [0.2, 0.25) is 0 Å². The largest absolute Gasteiger partial charge is 0.480 e. The highest BCUT2D eigenvalue weighted by molar-refractivity contribution is 5.97. The van der Waals surface area contributed by atoms with Crippen LogP contribution in [0, 0.1) is 0 Å². The molecule has 0 bridgehead atoms. The van der Waals surface area contributed by atoms with Crippen molar-refractivity contribution in [2.45, 2.75) is 101 Å². The van der Waals surface area contributed by atoms with Crippen molar-refractivity contribution in [2.75, 3.05) is 26.2 Å². The van der Waals surface area contributed by atoms with E-state index < -0.39 is 102 Å². The molecule has 8 amide bonds. The Morgan fingerprint density at radius 2 is 1.45 bits per heavy atom. The summed E-state index contributed by atoms with van der Waals surface area (Å²) in [5.41, 5.74) is 17.3. The molecule has 0 saturated carbocycles. The van der Waals surface area contributed by atoms with Crippen molar-refractivity contribution in [3.63, 3.8) is 0 Å². The third kappa shape index (κ3) is 18.1. The van der Waals surface area contributed by atoms with Gasteiger partial charge in [-0.1, -0.05) is 30.3 Å². The van der Waals surface area contributed by atoms with Crippen molar-refractivity contribution < 1.29 is 48.3 Å². The van der Waals surface area contributed by atoms with Crippen LogP contribution < -0.4 is 59.7 Å². The predicted octanol–water partition coefficient (Wildman–Crippen LogP) is -4.53. The number of hydrogen-bond donors (Lipinski definition) is 12. The van der Waals surface area contributed by atoms with E-state index in [0.29, 0.717) is 5.56 Å². The summed E-state index contributed by atoms with van der Waals surface area (Å²) in [6, 6.07) is 0.461. The normalized spacial score (nSPS) is 23.3. The Bertz CT molecular complexity index is 1640. The maximum Gasteiger partial charge on any atom is 0.326 e. The summed E-state index contributed by atoms with van der Waals surface area (Å²) in [7, 11) is 0. The van der Waals surface area contributed by atoms with Crippen LogP contribution in [-0.4, -0.2) is 127 Å². The standard InChI is InChI=1S/C36H56N12O10/c1-20-30(52)48-27(35(57)58)18-28(50)40-15-7-6-11-23(44-29(51)19-42-21(2)49)32(54)46-25(13-14-37)33(55)47-26(17-22-9-4-3-5-10-22)34(56)45-24(31(53)43-20)12-8-16-41-36(38)39/h3-5,9-10,20,23-27H,6-8,11-19,37H2,1-2H3,(H,40,50)(H,42,49)(H,43,53)(H,44,51)(H,45,56)(H,46,54)(H,47,55)(H,48,52)(H,57,58)(H4,38,39,41)/t20-,23?,24-,25-,26?,27?/m0/s1. The zero-order chi connectivity index (χ0) is 43.2. The van der Waals surface area contributed by atoms with Gasteiger partial charge in [0.2, 0.25) is 47.3 Å². The molecule has 1 heterocycles. The summed E-state index contributed by atoms with van der Waals surface area (Å²) in [6.07, 6.45) is -0.140. The highest BCUT2D eigenvalue weighted by atomic mass is 16.4. The molecule has 320 valence electrons. The molecule has 58 heavy (non-hydrogen) atoms. The molecule has 2 rings (SSSR count). The molecule has 1 aliphatic rings. The van der Waals surface area contributed by atoms with Crippen LogP contribution in [0.3, 0.4) is 0 Å². The van der Waals surface area contributed by atoms with E-state index >= 15 is 0 Å². The Balaban J connectivity index is 2.54. The predicted molar refractivity (Wildman–Crippen MR) is 209 cm³/mol. The number of carbonyl (C=O) groups excluding carboxylic acids is 8. The molecule has 1 saturated heterocycles. The van der Waals surface area contributed by atoms with Crippen LogP contribution in [0.1, 0.15) is 64.4 Å². The fourth-order valence-corrected chi connectivity index (χ4v) is 5.64. The number of guanidine groups is 1. The number of hydrogen-bond acceptors (Lipinski definition) is 11. The lowest BCUT2D eigenvalue weighted by atomic mass is 10.0. The van der Waals surface area contributed by atoms with Gasteiger partial charge < -0.3 is 64.8 Å². The second-order valence-corrected chi connectivity index (χ2v) is 13.6. The molecule has 6 atom stereocenters. The van der Waals surface area contributed by atoms with Gasteiger partial charge >= 0.3 is 5.97 Å². The number of nitrogens with zero attached hydrogens (tertiary/aromatic N) is 1.